The van der Waals surface area contributed by atoms with Gasteiger partial charge in [-0.25, -0.2) is 14.8 Å². The fraction of sp³-hybridized carbons (Fsp3) is 0.207. The van der Waals surface area contributed by atoms with Gasteiger partial charge in [-0.05, 0) is 55.1 Å². The summed E-state index contributed by atoms with van der Waals surface area (Å²) in [6, 6.07) is 19.4. The Labute approximate surface area is 219 Å². The number of rotatable bonds is 8. The summed E-state index contributed by atoms with van der Waals surface area (Å²) in [7, 11) is 1.35. The summed E-state index contributed by atoms with van der Waals surface area (Å²) in [5.41, 5.74) is 7.81. The zero-order chi connectivity index (χ0) is 25.9. The number of carbonyl (C=O) groups is 1. The first-order valence-corrected chi connectivity index (χ1v) is 13.1. The molecule has 0 aliphatic carbocycles. The van der Waals surface area contributed by atoms with E-state index in [9.17, 15) is 9.90 Å². The molecule has 0 unspecified atom stereocenters. The van der Waals surface area contributed by atoms with E-state index in [1.165, 1.54) is 12.7 Å². The van der Waals surface area contributed by atoms with Gasteiger partial charge in [-0.1, -0.05) is 38.1 Å². The van der Waals surface area contributed by atoms with E-state index in [0.29, 0.717) is 22.4 Å². The maximum Gasteiger partial charge on any atom is 0.337 e. The molecule has 0 saturated carbocycles. The predicted molar refractivity (Wildman–Crippen MR) is 149 cm³/mol. The Morgan fingerprint density at radius 2 is 1.81 bits per heavy atom. The van der Waals surface area contributed by atoms with E-state index in [0.717, 1.165) is 46.5 Å². The van der Waals surface area contributed by atoms with Gasteiger partial charge in [0.15, 0.2) is 5.88 Å². The number of aromatic hydroxyl groups is 1. The van der Waals surface area contributed by atoms with E-state index in [1.807, 2.05) is 35.8 Å². The predicted octanol–water partition coefficient (Wildman–Crippen LogP) is 6.28. The van der Waals surface area contributed by atoms with E-state index in [4.69, 9.17) is 9.73 Å². The minimum absolute atomic E-state index is 0.0154. The van der Waals surface area contributed by atoms with Gasteiger partial charge in [-0.3, -0.25) is 4.90 Å². The highest BCUT2D eigenvalue weighted by Gasteiger charge is 2.20. The van der Waals surface area contributed by atoms with Crippen LogP contribution in [0.4, 0.5) is 5.69 Å². The number of benzene rings is 3. The molecule has 0 spiro atoms. The van der Waals surface area contributed by atoms with Crippen LogP contribution in [0.2, 0.25) is 0 Å². The van der Waals surface area contributed by atoms with Crippen molar-refractivity contribution < 1.29 is 14.6 Å². The minimum atomic E-state index is -0.438. The van der Waals surface area contributed by atoms with Gasteiger partial charge in [-0.2, -0.15) is 0 Å². The molecule has 5 rings (SSSR count). The number of ether oxygens (including phenoxy) is 1. The van der Waals surface area contributed by atoms with E-state index < -0.39 is 5.97 Å². The fourth-order valence-electron chi connectivity index (χ4n) is 4.45. The molecule has 0 bridgehead atoms. The Morgan fingerprint density at radius 3 is 2.54 bits per heavy atom. The number of aliphatic imine (C=N–C) groups is 1. The lowest BCUT2D eigenvalue weighted by atomic mass is 9.99. The molecule has 3 aromatic carbocycles. The third-order valence-corrected chi connectivity index (χ3v) is 7.31. The van der Waals surface area contributed by atoms with E-state index >= 15 is 0 Å². The lowest BCUT2D eigenvalue weighted by Crippen LogP contribution is -2.21. The molecular formula is C29H28N4O3S. The Morgan fingerprint density at radius 1 is 1.05 bits per heavy atom. The van der Waals surface area contributed by atoms with Crippen LogP contribution in [-0.4, -0.2) is 51.9 Å². The van der Waals surface area contributed by atoms with Crippen molar-refractivity contribution in [1.82, 2.24) is 14.9 Å². The topological polar surface area (TPSA) is 90.8 Å². The SMILES string of the molecule is CCN(CC)Cc1ccc(N=C(c2ccc3ncsc3c2)c2c(O)[nH]c3cc(C(=O)OC)ccc23)cc1. The molecule has 0 fully saturated rings. The van der Waals surface area contributed by atoms with Gasteiger partial charge in [0.1, 0.15) is 0 Å². The Hall–Kier alpha value is -4.01. The van der Waals surface area contributed by atoms with Gasteiger partial charge in [-0.15, -0.1) is 11.3 Å². The standard InChI is InChI=1S/C29H28N4O3S/c1-4-33(5-2)16-18-6-10-21(11-7-18)31-27(19-9-13-23-25(15-19)37-17-30-23)26-22-12-8-20(29(35)36-3)14-24(22)32-28(26)34/h6-15,17,32,34H,4-5,16H2,1-3H3. The third-order valence-electron chi connectivity index (χ3n) is 6.52. The van der Waals surface area contributed by atoms with Crippen molar-refractivity contribution in [1.29, 1.82) is 0 Å². The quantitative estimate of drug-likeness (QED) is 0.189. The number of carbonyl (C=O) groups excluding carboxylic acids is 1. The van der Waals surface area contributed by atoms with Crippen LogP contribution in [0.25, 0.3) is 21.1 Å². The number of aromatic nitrogens is 2. The number of esters is 1. The molecule has 0 aliphatic rings. The van der Waals surface area contributed by atoms with Crippen LogP contribution in [0, 0.1) is 0 Å². The second kappa shape index (κ2) is 10.5. The molecule has 0 amide bonds. The molecule has 2 N–H and O–H groups in total. The first-order valence-electron chi connectivity index (χ1n) is 12.2. The molecule has 0 atom stereocenters. The molecule has 2 aromatic heterocycles. The lowest BCUT2D eigenvalue weighted by Gasteiger charge is -2.17. The summed E-state index contributed by atoms with van der Waals surface area (Å²) in [5.74, 6) is -0.454. The average Bonchev–Trinajstić information content (AvgIpc) is 3.53. The molecule has 5 aromatic rings. The maximum absolute atomic E-state index is 12.0. The lowest BCUT2D eigenvalue weighted by molar-refractivity contribution is 0.0601. The molecule has 37 heavy (non-hydrogen) atoms. The van der Waals surface area contributed by atoms with Gasteiger partial charge in [0.2, 0.25) is 0 Å². The number of nitrogens with zero attached hydrogens (tertiary/aromatic N) is 3. The normalized spacial score (nSPS) is 12.1. The number of H-pyrrole nitrogens is 1. The van der Waals surface area contributed by atoms with Gasteiger partial charge >= 0.3 is 5.97 Å². The molecular weight excluding hydrogens is 484 g/mol. The highest BCUT2D eigenvalue weighted by atomic mass is 32.1. The highest BCUT2D eigenvalue weighted by molar-refractivity contribution is 7.16. The monoisotopic (exact) mass is 512 g/mol. The van der Waals surface area contributed by atoms with Gasteiger partial charge < -0.3 is 14.8 Å². The van der Waals surface area contributed by atoms with E-state index in [1.54, 1.807) is 29.5 Å². The van der Waals surface area contributed by atoms with E-state index in [-0.39, 0.29) is 5.88 Å². The largest absolute Gasteiger partial charge is 0.494 e. The first kappa shape index (κ1) is 24.7. The summed E-state index contributed by atoms with van der Waals surface area (Å²) in [5, 5.41) is 11.8. The minimum Gasteiger partial charge on any atom is -0.494 e. The van der Waals surface area contributed by atoms with Crippen molar-refractivity contribution in [2.24, 2.45) is 4.99 Å². The molecule has 7 nitrogen and oxygen atoms in total. The van der Waals surface area contributed by atoms with Crippen LogP contribution in [0.5, 0.6) is 5.88 Å². The second-order valence-electron chi connectivity index (χ2n) is 8.72. The number of aromatic amines is 1. The smallest absolute Gasteiger partial charge is 0.337 e. The molecule has 2 heterocycles. The number of hydrogen-bond acceptors (Lipinski definition) is 7. The van der Waals surface area contributed by atoms with E-state index in [2.05, 4.69) is 40.8 Å². The fourth-order valence-corrected chi connectivity index (χ4v) is 5.16. The number of hydrogen-bond donors (Lipinski definition) is 2. The maximum atomic E-state index is 12.0. The van der Waals surface area contributed by atoms with Gasteiger partial charge in [0.05, 0.1) is 45.4 Å². The van der Waals surface area contributed by atoms with Crippen LogP contribution in [-0.2, 0) is 11.3 Å². The summed E-state index contributed by atoms with van der Waals surface area (Å²) >= 11 is 1.56. The van der Waals surface area contributed by atoms with Crippen molar-refractivity contribution in [3.63, 3.8) is 0 Å². The van der Waals surface area contributed by atoms with Crippen LogP contribution in [0.1, 0.15) is 40.9 Å². The van der Waals surface area contributed by atoms with Crippen molar-refractivity contribution in [2.45, 2.75) is 20.4 Å². The summed E-state index contributed by atoms with van der Waals surface area (Å²) in [4.78, 5) is 26.8. The molecule has 0 saturated heterocycles. The Kier molecular flexibility index (Phi) is 7.03. The zero-order valence-corrected chi connectivity index (χ0v) is 21.8. The second-order valence-corrected chi connectivity index (χ2v) is 9.61. The van der Waals surface area contributed by atoms with Crippen molar-refractivity contribution >= 4 is 49.8 Å². The molecule has 188 valence electrons. The average molecular weight is 513 g/mol. The third kappa shape index (κ3) is 4.98. The summed E-state index contributed by atoms with van der Waals surface area (Å²) < 4.78 is 5.89. The molecule has 0 aliphatic heterocycles. The van der Waals surface area contributed by atoms with Crippen molar-refractivity contribution in [3.8, 4) is 5.88 Å². The van der Waals surface area contributed by atoms with Crippen LogP contribution >= 0.6 is 11.3 Å². The number of methoxy groups -OCH3 is 1. The van der Waals surface area contributed by atoms with Crippen molar-refractivity contribution in [2.75, 3.05) is 20.2 Å². The van der Waals surface area contributed by atoms with Crippen molar-refractivity contribution in [3.05, 3.63) is 88.4 Å². The molecule has 0 radical (unpaired) electrons. The van der Waals surface area contributed by atoms with Gasteiger partial charge in [0, 0.05) is 23.0 Å². The van der Waals surface area contributed by atoms with Crippen LogP contribution in [0.15, 0.2) is 71.2 Å². The Balaban J connectivity index is 1.63. The zero-order valence-electron chi connectivity index (χ0n) is 21.0. The van der Waals surface area contributed by atoms with Crippen LogP contribution in [0.3, 0.4) is 0 Å². The van der Waals surface area contributed by atoms with Crippen LogP contribution < -0.4 is 0 Å². The summed E-state index contributed by atoms with van der Waals surface area (Å²) in [6.07, 6.45) is 0. The number of thiazole rings is 1. The Bertz CT molecular complexity index is 1600. The number of nitrogens with one attached hydrogen (secondary N) is 1. The van der Waals surface area contributed by atoms with Gasteiger partial charge in [0.25, 0.3) is 0 Å². The molecule has 8 heteroatoms. The highest BCUT2D eigenvalue weighted by Crippen LogP contribution is 2.33. The first-order chi connectivity index (χ1) is 18.0. The summed E-state index contributed by atoms with van der Waals surface area (Å²) in [6.45, 7) is 7.21. The number of fused-ring (bicyclic) bond motifs is 2.